The minimum absolute atomic E-state index is 0.126. The van der Waals surface area contributed by atoms with Crippen molar-refractivity contribution >= 4 is 50.1 Å². The molecular formula is C16H15BrClIO. The first-order valence-corrected chi connectivity index (χ1v) is 8.70. The van der Waals surface area contributed by atoms with Gasteiger partial charge in [0.05, 0.1) is 10.9 Å². The third-order valence-electron chi connectivity index (χ3n) is 2.78. The Kier molecular flexibility index (Phi) is 5.75. The minimum Gasteiger partial charge on any atom is -0.491 e. The fraction of sp³-hybridized carbons (Fsp3) is 0.250. The van der Waals surface area contributed by atoms with E-state index in [1.165, 1.54) is 14.7 Å². The maximum atomic E-state index is 6.09. The van der Waals surface area contributed by atoms with Gasteiger partial charge in [0.1, 0.15) is 5.75 Å². The molecule has 1 nitrogen and oxygen atoms in total. The number of hydrogen-bond donors (Lipinski definition) is 0. The van der Waals surface area contributed by atoms with E-state index in [1.807, 2.05) is 44.2 Å². The molecule has 0 radical (unpaired) electrons. The quantitative estimate of drug-likeness (QED) is 0.385. The number of ether oxygens (including phenoxy) is 1. The molecule has 2 rings (SSSR count). The molecule has 0 saturated carbocycles. The van der Waals surface area contributed by atoms with Crippen molar-refractivity contribution < 1.29 is 4.74 Å². The Bertz CT molecular complexity index is 584. The molecule has 0 N–H and O–H groups in total. The Hall–Kier alpha value is -0.260. The van der Waals surface area contributed by atoms with Crippen molar-refractivity contribution in [2.45, 2.75) is 24.8 Å². The van der Waals surface area contributed by atoms with Crippen molar-refractivity contribution in [2.75, 3.05) is 0 Å². The lowest BCUT2D eigenvalue weighted by Crippen LogP contribution is -2.05. The first-order chi connectivity index (χ1) is 9.47. The average Bonchev–Trinajstić information content (AvgIpc) is 2.41. The summed E-state index contributed by atoms with van der Waals surface area (Å²) in [6.45, 7) is 4.05. The second-order valence-electron chi connectivity index (χ2n) is 4.76. The monoisotopic (exact) mass is 464 g/mol. The normalized spacial score (nSPS) is 12.5. The number of hydrogen-bond acceptors (Lipinski definition) is 1. The summed E-state index contributed by atoms with van der Waals surface area (Å²) in [6, 6.07) is 14.1. The lowest BCUT2D eigenvalue weighted by atomic mass is 10.0. The van der Waals surface area contributed by atoms with Crippen molar-refractivity contribution in [3.05, 3.63) is 62.2 Å². The second-order valence-corrected chi connectivity index (χ2v) is 7.28. The van der Waals surface area contributed by atoms with Crippen molar-refractivity contribution in [3.63, 3.8) is 0 Å². The van der Waals surface area contributed by atoms with Gasteiger partial charge < -0.3 is 4.74 Å². The van der Waals surface area contributed by atoms with E-state index in [1.54, 1.807) is 0 Å². The van der Waals surface area contributed by atoms with Gasteiger partial charge in [-0.05, 0) is 77.9 Å². The number of halogens is 3. The largest absolute Gasteiger partial charge is 0.491 e. The summed E-state index contributed by atoms with van der Waals surface area (Å²) in [5, 5.41) is 0.754. The maximum absolute atomic E-state index is 6.09. The third-order valence-corrected chi connectivity index (χ3v) is 5.02. The van der Waals surface area contributed by atoms with Gasteiger partial charge in [0.2, 0.25) is 0 Å². The maximum Gasteiger partial charge on any atom is 0.119 e. The van der Waals surface area contributed by atoms with Crippen molar-refractivity contribution in [1.29, 1.82) is 0 Å². The molecule has 0 saturated heterocycles. The Labute approximate surface area is 146 Å². The van der Waals surface area contributed by atoms with Crippen LogP contribution in [0.25, 0.3) is 0 Å². The summed E-state index contributed by atoms with van der Waals surface area (Å²) in [4.78, 5) is 0.126. The van der Waals surface area contributed by atoms with Crippen LogP contribution < -0.4 is 4.74 Å². The molecule has 0 spiro atoms. The Morgan fingerprint density at radius 1 is 1.10 bits per heavy atom. The topological polar surface area (TPSA) is 9.23 Å². The second kappa shape index (κ2) is 7.14. The van der Waals surface area contributed by atoms with Crippen molar-refractivity contribution in [3.8, 4) is 5.75 Å². The van der Waals surface area contributed by atoms with Gasteiger partial charge >= 0.3 is 0 Å². The van der Waals surface area contributed by atoms with Crippen LogP contribution in [0.5, 0.6) is 5.75 Å². The molecule has 1 atom stereocenters. The molecular weight excluding hydrogens is 450 g/mol. The molecule has 0 aliphatic heterocycles. The highest BCUT2D eigenvalue weighted by Gasteiger charge is 2.14. The lowest BCUT2D eigenvalue weighted by Gasteiger charge is -2.15. The zero-order valence-electron chi connectivity index (χ0n) is 11.2. The summed E-state index contributed by atoms with van der Waals surface area (Å²) in [5.41, 5.74) is 2.36. The lowest BCUT2D eigenvalue weighted by molar-refractivity contribution is 0.242. The van der Waals surface area contributed by atoms with Crippen molar-refractivity contribution in [2.24, 2.45) is 0 Å². The summed E-state index contributed by atoms with van der Waals surface area (Å²) < 4.78 is 6.85. The van der Waals surface area contributed by atoms with E-state index >= 15 is 0 Å². The van der Waals surface area contributed by atoms with Gasteiger partial charge in [-0.15, -0.1) is 0 Å². The average molecular weight is 466 g/mol. The summed E-state index contributed by atoms with van der Waals surface area (Å²) in [6.07, 6.45) is 0.189. The van der Waals surface area contributed by atoms with E-state index in [-0.39, 0.29) is 10.9 Å². The van der Waals surface area contributed by atoms with Crippen LogP contribution in [0.15, 0.2) is 42.5 Å². The molecule has 0 aliphatic rings. The summed E-state index contributed by atoms with van der Waals surface area (Å²) >= 11 is 12.2. The number of benzene rings is 2. The van der Waals surface area contributed by atoms with Gasteiger partial charge in [0.15, 0.2) is 0 Å². The van der Waals surface area contributed by atoms with Crippen LogP contribution in [0.1, 0.15) is 29.8 Å². The van der Waals surface area contributed by atoms with Crippen LogP contribution in [-0.4, -0.2) is 6.10 Å². The smallest absolute Gasteiger partial charge is 0.119 e. The predicted octanol–water partition coefficient (Wildman–Crippen LogP) is 6.22. The van der Waals surface area contributed by atoms with E-state index < -0.39 is 0 Å². The molecule has 0 amide bonds. The van der Waals surface area contributed by atoms with E-state index in [0.29, 0.717) is 0 Å². The molecule has 0 aromatic heterocycles. The Balaban J connectivity index is 2.24. The fourth-order valence-corrected chi connectivity index (χ4v) is 3.82. The van der Waals surface area contributed by atoms with Crippen LogP contribution in [-0.2, 0) is 0 Å². The zero-order chi connectivity index (χ0) is 14.7. The van der Waals surface area contributed by atoms with Crippen LogP contribution in [0.4, 0.5) is 0 Å². The highest BCUT2D eigenvalue weighted by Crippen LogP contribution is 2.35. The Morgan fingerprint density at radius 3 is 2.35 bits per heavy atom. The first kappa shape index (κ1) is 16.1. The Morgan fingerprint density at radius 2 is 1.75 bits per heavy atom. The first-order valence-electron chi connectivity index (χ1n) is 6.33. The molecule has 2 aromatic rings. The summed E-state index contributed by atoms with van der Waals surface area (Å²) in [7, 11) is 0. The van der Waals surface area contributed by atoms with Gasteiger partial charge in [-0.1, -0.05) is 39.7 Å². The van der Waals surface area contributed by atoms with E-state index in [0.717, 1.165) is 10.8 Å². The van der Waals surface area contributed by atoms with Crippen LogP contribution >= 0.6 is 50.1 Å². The molecule has 0 bridgehead atoms. The highest BCUT2D eigenvalue weighted by molar-refractivity contribution is 14.1. The third kappa shape index (κ3) is 4.12. The fourth-order valence-electron chi connectivity index (χ4n) is 1.88. The predicted molar refractivity (Wildman–Crippen MR) is 97.1 cm³/mol. The standard InChI is InChI=1S/C16H15BrClIO/c1-10(2)20-13-6-3-11(4-7-13)16(17)14-9-12(18)5-8-15(14)19/h3-10,16H,1-2H3. The van der Waals surface area contributed by atoms with Crippen LogP contribution in [0.2, 0.25) is 5.02 Å². The number of rotatable bonds is 4. The summed E-state index contributed by atoms with van der Waals surface area (Å²) in [5.74, 6) is 0.893. The molecule has 4 heteroatoms. The molecule has 106 valence electrons. The van der Waals surface area contributed by atoms with Gasteiger partial charge in [0, 0.05) is 8.59 Å². The van der Waals surface area contributed by atoms with Crippen LogP contribution in [0, 0.1) is 3.57 Å². The van der Waals surface area contributed by atoms with E-state index in [9.17, 15) is 0 Å². The zero-order valence-corrected chi connectivity index (χ0v) is 15.7. The molecule has 1 unspecified atom stereocenters. The van der Waals surface area contributed by atoms with Crippen molar-refractivity contribution in [1.82, 2.24) is 0 Å². The van der Waals surface area contributed by atoms with Crippen LogP contribution in [0.3, 0.4) is 0 Å². The van der Waals surface area contributed by atoms with Gasteiger partial charge in [0.25, 0.3) is 0 Å². The molecule has 0 heterocycles. The molecule has 20 heavy (non-hydrogen) atoms. The molecule has 2 aromatic carbocycles. The van der Waals surface area contributed by atoms with Gasteiger partial charge in [-0.25, -0.2) is 0 Å². The highest BCUT2D eigenvalue weighted by atomic mass is 127. The molecule has 0 fully saturated rings. The van der Waals surface area contributed by atoms with Gasteiger partial charge in [-0.2, -0.15) is 0 Å². The minimum atomic E-state index is 0.126. The van der Waals surface area contributed by atoms with Gasteiger partial charge in [-0.3, -0.25) is 0 Å². The number of alkyl halides is 1. The van der Waals surface area contributed by atoms with E-state index in [2.05, 4.69) is 50.7 Å². The van der Waals surface area contributed by atoms with E-state index in [4.69, 9.17) is 16.3 Å². The SMILES string of the molecule is CC(C)Oc1ccc(C(Br)c2cc(Cl)ccc2I)cc1. The molecule has 0 aliphatic carbocycles.